The average molecular weight is 340 g/mol. The molecule has 128 valence electrons. The normalized spacial score (nSPS) is 17.0. The number of rotatable bonds is 4. The Hall–Kier alpha value is -3.03. The monoisotopic (exact) mass is 340 g/mol. The van der Waals surface area contributed by atoms with Crippen molar-refractivity contribution in [3.63, 3.8) is 0 Å². The molecule has 8 heteroatoms. The minimum Gasteiger partial charge on any atom is -0.477 e. The first-order chi connectivity index (χ1) is 12.3. The number of pyridine rings is 1. The van der Waals surface area contributed by atoms with Gasteiger partial charge in [0.25, 0.3) is 0 Å². The van der Waals surface area contributed by atoms with Gasteiger partial charge in [-0.05, 0) is 6.07 Å². The van der Waals surface area contributed by atoms with E-state index in [-0.39, 0.29) is 5.92 Å². The van der Waals surface area contributed by atoms with Crippen LogP contribution in [-0.2, 0) is 13.1 Å². The second kappa shape index (κ2) is 6.84. The van der Waals surface area contributed by atoms with Crippen LogP contribution in [0.4, 0.5) is 10.3 Å². The Morgan fingerprint density at radius 1 is 1.12 bits per heavy atom. The maximum atomic E-state index is 13.1. The summed E-state index contributed by atoms with van der Waals surface area (Å²) in [4.78, 5) is 18.7. The SMILES string of the molecule is Fc1cnc(N2Cc3cncn3CC(COc3ccccn3)C2)nc1. The smallest absolute Gasteiger partial charge is 0.225 e. The summed E-state index contributed by atoms with van der Waals surface area (Å²) in [5, 5.41) is 0. The van der Waals surface area contributed by atoms with E-state index in [0.29, 0.717) is 31.5 Å². The lowest BCUT2D eigenvalue weighted by atomic mass is 10.1. The van der Waals surface area contributed by atoms with Crippen molar-refractivity contribution >= 4 is 5.95 Å². The van der Waals surface area contributed by atoms with Crippen LogP contribution in [0.25, 0.3) is 0 Å². The number of nitrogens with zero attached hydrogens (tertiary/aromatic N) is 6. The maximum absolute atomic E-state index is 13.1. The minimum atomic E-state index is -0.446. The summed E-state index contributed by atoms with van der Waals surface area (Å²) in [6.07, 6.45) is 7.72. The summed E-state index contributed by atoms with van der Waals surface area (Å²) in [6, 6.07) is 5.58. The topological polar surface area (TPSA) is 69.0 Å². The van der Waals surface area contributed by atoms with Crippen molar-refractivity contribution in [1.82, 2.24) is 24.5 Å². The molecule has 3 aromatic rings. The van der Waals surface area contributed by atoms with Crippen LogP contribution in [0.1, 0.15) is 5.69 Å². The highest BCUT2D eigenvalue weighted by Crippen LogP contribution is 2.20. The molecule has 25 heavy (non-hydrogen) atoms. The largest absolute Gasteiger partial charge is 0.477 e. The van der Waals surface area contributed by atoms with Gasteiger partial charge in [0.1, 0.15) is 0 Å². The number of halogens is 1. The van der Waals surface area contributed by atoms with Crippen molar-refractivity contribution in [2.45, 2.75) is 13.1 Å². The highest BCUT2D eigenvalue weighted by atomic mass is 19.1. The van der Waals surface area contributed by atoms with E-state index in [4.69, 9.17) is 4.74 Å². The van der Waals surface area contributed by atoms with E-state index < -0.39 is 5.82 Å². The number of imidazole rings is 1. The first-order valence-corrected chi connectivity index (χ1v) is 8.03. The lowest BCUT2D eigenvalue weighted by Crippen LogP contribution is -2.32. The van der Waals surface area contributed by atoms with Crippen LogP contribution >= 0.6 is 0 Å². The molecule has 0 bridgehead atoms. The van der Waals surface area contributed by atoms with E-state index in [9.17, 15) is 4.39 Å². The molecule has 1 aliphatic heterocycles. The predicted octanol–water partition coefficient (Wildman–Crippen LogP) is 1.92. The second-order valence-corrected chi connectivity index (χ2v) is 5.96. The van der Waals surface area contributed by atoms with E-state index in [1.54, 1.807) is 6.20 Å². The molecule has 0 aliphatic carbocycles. The number of anilines is 1. The van der Waals surface area contributed by atoms with Gasteiger partial charge in [-0.25, -0.2) is 24.3 Å². The van der Waals surface area contributed by atoms with Crippen LogP contribution in [0.3, 0.4) is 0 Å². The van der Waals surface area contributed by atoms with E-state index in [1.165, 1.54) is 12.4 Å². The number of fused-ring (bicyclic) bond motifs is 1. The van der Waals surface area contributed by atoms with Gasteiger partial charge in [-0.2, -0.15) is 0 Å². The van der Waals surface area contributed by atoms with Crippen molar-refractivity contribution in [2.75, 3.05) is 18.1 Å². The third kappa shape index (κ3) is 3.57. The Kier molecular flexibility index (Phi) is 4.24. The van der Waals surface area contributed by atoms with Crippen LogP contribution in [0, 0.1) is 11.7 Å². The average Bonchev–Trinajstić information content (AvgIpc) is 2.99. The molecule has 0 saturated carbocycles. The summed E-state index contributed by atoms with van der Waals surface area (Å²) < 4.78 is 21.1. The Balaban J connectivity index is 1.53. The molecule has 0 N–H and O–H groups in total. The van der Waals surface area contributed by atoms with Gasteiger partial charge >= 0.3 is 0 Å². The Morgan fingerprint density at radius 3 is 2.80 bits per heavy atom. The maximum Gasteiger partial charge on any atom is 0.225 e. The summed E-state index contributed by atoms with van der Waals surface area (Å²) in [6.45, 7) is 2.60. The summed E-state index contributed by atoms with van der Waals surface area (Å²) in [5.74, 6) is 0.839. The fraction of sp³-hybridized carbons (Fsp3) is 0.294. The van der Waals surface area contributed by atoms with Gasteiger partial charge in [0.05, 0.1) is 37.6 Å². The summed E-state index contributed by atoms with van der Waals surface area (Å²) in [7, 11) is 0. The van der Waals surface area contributed by atoms with Gasteiger partial charge in [-0.15, -0.1) is 0 Å². The van der Waals surface area contributed by atoms with Crippen molar-refractivity contribution in [1.29, 1.82) is 0 Å². The summed E-state index contributed by atoms with van der Waals surface area (Å²) >= 11 is 0. The van der Waals surface area contributed by atoms with E-state index in [2.05, 4.69) is 24.5 Å². The molecule has 0 saturated heterocycles. The fourth-order valence-electron chi connectivity index (χ4n) is 2.91. The lowest BCUT2D eigenvalue weighted by molar-refractivity contribution is 0.229. The van der Waals surface area contributed by atoms with Crippen LogP contribution in [-0.4, -0.2) is 37.7 Å². The molecule has 0 fully saturated rings. The molecule has 0 aromatic carbocycles. The first-order valence-electron chi connectivity index (χ1n) is 8.03. The van der Waals surface area contributed by atoms with Crippen molar-refractivity contribution in [3.8, 4) is 5.88 Å². The highest BCUT2D eigenvalue weighted by molar-refractivity contribution is 5.31. The fourth-order valence-corrected chi connectivity index (χ4v) is 2.91. The predicted molar refractivity (Wildman–Crippen MR) is 88.5 cm³/mol. The van der Waals surface area contributed by atoms with Crippen molar-refractivity contribution < 1.29 is 9.13 Å². The summed E-state index contributed by atoms with van der Waals surface area (Å²) in [5.41, 5.74) is 1.06. The molecule has 7 nitrogen and oxygen atoms in total. The third-order valence-electron chi connectivity index (χ3n) is 4.08. The number of hydrogen-bond acceptors (Lipinski definition) is 6. The zero-order chi connectivity index (χ0) is 17.1. The molecule has 0 spiro atoms. The third-order valence-corrected chi connectivity index (χ3v) is 4.08. The molecule has 4 rings (SSSR count). The van der Waals surface area contributed by atoms with E-state index >= 15 is 0 Å². The van der Waals surface area contributed by atoms with Gasteiger partial charge in [-0.3, -0.25) is 0 Å². The van der Waals surface area contributed by atoms with E-state index in [1.807, 2.05) is 35.6 Å². The molecular weight excluding hydrogens is 323 g/mol. The molecule has 1 unspecified atom stereocenters. The Labute approximate surface area is 144 Å². The molecule has 1 atom stereocenters. The van der Waals surface area contributed by atoms with Crippen LogP contribution in [0.5, 0.6) is 5.88 Å². The van der Waals surface area contributed by atoms with Gasteiger partial charge < -0.3 is 14.2 Å². The number of hydrogen-bond donors (Lipinski definition) is 0. The Bertz CT molecular complexity index is 823. The number of aromatic nitrogens is 5. The minimum absolute atomic E-state index is 0.186. The Morgan fingerprint density at radius 2 is 2.00 bits per heavy atom. The molecule has 1 aliphatic rings. The van der Waals surface area contributed by atoms with Crippen LogP contribution in [0.2, 0.25) is 0 Å². The molecule has 0 radical (unpaired) electrons. The first kappa shape index (κ1) is 15.5. The van der Waals surface area contributed by atoms with E-state index in [0.717, 1.165) is 12.2 Å². The zero-order valence-electron chi connectivity index (χ0n) is 13.5. The molecule has 0 amide bonds. The molecular formula is C17H17FN6O. The standard InChI is InChI=1S/C17H17FN6O/c18-14-5-21-17(22-6-14)23-8-13(9-24-12-19-7-15(24)10-23)11-25-16-3-1-2-4-20-16/h1-7,12-13H,8-11H2. The van der Waals surface area contributed by atoms with Crippen molar-refractivity contribution in [3.05, 3.63) is 60.8 Å². The molecule has 4 heterocycles. The van der Waals surface area contributed by atoms with Crippen LogP contribution in [0.15, 0.2) is 49.3 Å². The lowest BCUT2D eigenvalue weighted by Gasteiger charge is -2.23. The molecule has 3 aromatic heterocycles. The van der Waals surface area contributed by atoms with Gasteiger partial charge in [0.15, 0.2) is 5.82 Å². The van der Waals surface area contributed by atoms with Gasteiger partial charge in [0, 0.05) is 37.5 Å². The van der Waals surface area contributed by atoms with Gasteiger partial charge in [-0.1, -0.05) is 6.07 Å². The van der Waals surface area contributed by atoms with Gasteiger partial charge in [0.2, 0.25) is 11.8 Å². The van der Waals surface area contributed by atoms with Crippen LogP contribution < -0.4 is 9.64 Å². The highest BCUT2D eigenvalue weighted by Gasteiger charge is 2.24. The zero-order valence-corrected chi connectivity index (χ0v) is 13.5. The second-order valence-electron chi connectivity index (χ2n) is 5.96. The number of ether oxygens (including phenoxy) is 1. The quantitative estimate of drug-likeness (QED) is 0.723. The van der Waals surface area contributed by atoms with Crippen molar-refractivity contribution in [2.24, 2.45) is 5.92 Å².